The summed E-state index contributed by atoms with van der Waals surface area (Å²) in [7, 11) is 0. The van der Waals surface area contributed by atoms with Gasteiger partial charge in [0.2, 0.25) is 0 Å². The van der Waals surface area contributed by atoms with E-state index in [4.69, 9.17) is 0 Å². The second kappa shape index (κ2) is 5.66. The van der Waals surface area contributed by atoms with E-state index in [1.54, 1.807) is 0 Å². The Morgan fingerprint density at radius 2 is 1.80 bits per heavy atom. The third-order valence-electron chi connectivity index (χ3n) is 2.66. The van der Waals surface area contributed by atoms with E-state index in [0.29, 0.717) is 6.04 Å². The maximum Gasteiger partial charge on any atom is 0.0291 e. The Morgan fingerprint density at radius 3 is 2.27 bits per heavy atom. The van der Waals surface area contributed by atoms with E-state index in [-0.39, 0.29) is 0 Å². The van der Waals surface area contributed by atoms with Gasteiger partial charge in [0.25, 0.3) is 0 Å². The summed E-state index contributed by atoms with van der Waals surface area (Å²) in [5.74, 6) is 0. The maximum absolute atomic E-state index is 3.59. The fourth-order valence-corrected chi connectivity index (χ4v) is 1.94. The number of hydrogen-bond acceptors (Lipinski definition) is 1. The first-order valence-corrected chi connectivity index (χ1v) is 6.35. The van der Waals surface area contributed by atoms with Crippen LogP contribution in [-0.4, -0.2) is 6.54 Å². The summed E-state index contributed by atoms with van der Waals surface area (Å²) in [6.07, 6.45) is 1.18. The van der Waals surface area contributed by atoms with Crippen LogP contribution in [0.4, 0.5) is 0 Å². The smallest absolute Gasteiger partial charge is 0.0291 e. The molecule has 0 heterocycles. The van der Waals surface area contributed by atoms with Gasteiger partial charge in [0.05, 0.1) is 0 Å². The molecule has 0 saturated carbocycles. The molecule has 0 aliphatic rings. The van der Waals surface area contributed by atoms with Crippen molar-refractivity contribution in [1.82, 2.24) is 5.32 Å². The van der Waals surface area contributed by atoms with Crippen LogP contribution < -0.4 is 5.32 Å². The SMILES string of the molecule is CCCNC(C)c1cc(C)c(Br)c(C)c1. The summed E-state index contributed by atoms with van der Waals surface area (Å²) in [6.45, 7) is 9.78. The monoisotopic (exact) mass is 269 g/mol. The Hall–Kier alpha value is -0.340. The highest BCUT2D eigenvalue weighted by Crippen LogP contribution is 2.25. The molecule has 1 unspecified atom stereocenters. The van der Waals surface area contributed by atoms with Crippen molar-refractivity contribution in [2.75, 3.05) is 6.54 Å². The van der Waals surface area contributed by atoms with Crippen LogP contribution in [0.25, 0.3) is 0 Å². The number of nitrogens with one attached hydrogen (secondary N) is 1. The lowest BCUT2D eigenvalue weighted by molar-refractivity contribution is 0.570. The molecule has 0 aromatic heterocycles. The van der Waals surface area contributed by atoms with E-state index in [2.05, 4.69) is 61.1 Å². The Morgan fingerprint density at radius 1 is 1.27 bits per heavy atom. The van der Waals surface area contributed by atoms with Crippen molar-refractivity contribution < 1.29 is 0 Å². The van der Waals surface area contributed by atoms with Gasteiger partial charge in [-0.25, -0.2) is 0 Å². The molecule has 0 fully saturated rings. The molecule has 0 saturated heterocycles. The summed E-state index contributed by atoms with van der Waals surface area (Å²) in [6, 6.07) is 4.95. The van der Waals surface area contributed by atoms with E-state index in [0.717, 1.165) is 6.54 Å². The zero-order valence-corrected chi connectivity index (χ0v) is 11.6. The Balaban J connectivity index is 2.86. The molecule has 15 heavy (non-hydrogen) atoms. The van der Waals surface area contributed by atoms with Crippen LogP contribution in [0.1, 0.15) is 43.0 Å². The Labute approximate surface area is 101 Å². The van der Waals surface area contributed by atoms with Crippen LogP contribution in [0.3, 0.4) is 0 Å². The van der Waals surface area contributed by atoms with E-state index >= 15 is 0 Å². The summed E-state index contributed by atoms with van der Waals surface area (Å²) in [5.41, 5.74) is 4.01. The molecule has 1 aromatic rings. The van der Waals surface area contributed by atoms with Crippen LogP contribution >= 0.6 is 15.9 Å². The highest BCUT2D eigenvalue weighted by Gasteiger charge is 2.07. The van der Waals surface area contributed by atoms with Crippen LogP contribution in [-0.2, 0) is 0 Å². The minimum absolute atomic E-state index is 0.440. The highest BCUT2D eigenvalue weighted by molar-refractivity contribution is 9.10. The zero-order valence-electron chi connectivity index (χ0n) is 10.0. The molecule has 1 atom stereocenters. The molecule has 0 bridgehead atoms. The molecule has 0 spiro atoms. The van der Waals surface area contributed by atoms with Crippen molar-refractivity contribution in [3.8, 4) is 0 Å². The van der Waals surface area contributed by atoms with Crippen LogP contribution in [0.5, 0.6) is 0 Å². The third kappa shape index (κ3) is 3.32. The second-order valence-corrected chi connectivity index (χ2v) is 4.94. The minimum Gasteiger partial charge on any atom is -0.310 e. The summed E-state index contributed by atoms with van der Waals surface area (Å²) in [5, 5.41) is 3.51. The van der Waals surface area contributed by atoms with Gasteiger partial charge in [-0.2, -0.15) is 0 Å². The molecular formula is C13H20BrN. The van der Waals surface area contributed by atoms with E-state index in [1.165, 1.54) is 27.6 Å². The number of aryl methyl sites for hydroxylation is 2. The van der Waals surface area contributed by atoms with Gasteiger partial charge in [0.1, 0.15) is 0 Å². The molecule has 0 aliphatic carbocycles. The van der Waals surface area contributed by atoms with Gasteiger partial charge < -0.3 is 5.32 Å². The standard InChI is InChI=1S/C13H20BrN/c1-5-6-15-11(4)12-7-9(2)13(14)10(3)8-12/h7-8,11,15H,5-6H2,1-4H3. The topological polar surface area (TPSA) is 12.0 Å². The van der Waals surface area contributed by atoms with E-state index in [1.807, 2.05) is 0 Å². The number of halogens is 1. The first-order valence-electron chi connectivity index (χ1n) is 5.56. The Bertz CT molecular complexity index is 310. The van der Waals surface area contributed by atoms with Crippen molar-refractivity contribution in [2.24, 2.45) is 0 Å². The summed E-state index contributed by atoms with van der Waals surface area (Å²) < 4.78 is 1.23. The molecule has 2 heteroatoms. The average molecular weight is 270 g/mol. The van der Waals surface area contributed by atoms with Crippen molar-refractivity contribution in [3.63, 3.8) is 0 Å². The van der Waals surface area contributed by atoms with Gasteiger partial charge in [-0.05, 0) is 50.4 Å². The first kappa shape index (κ1) is 12.7. The molecule has 0 amide bonds. The predicted molar refractivity (Wildman–Crippen MR) is 70.3 cm³/mol. The van der Waals surface area contributed by atoms with Crippen LogP contribution in [0, 0.1) is 13.8 Å². The van der Waals surface area contributed by atoms with Crippen LogP contribution in [0.15, 0.2) is 16.6 Å². The molecule has 1 rings (SSSR count). The largest absolute Gasteiger partial charge is 0.310 e. The molecule has 1 nitrogen and oxygen atoms in total. The van der Waals surface area contributed by atoms with Gasteiger partial charge in [-0.3, -0.25) is 0 Å². The normalized spacial score (nSPS) is 12.9. The van der Waals surface area contributed by atoms with Gasteiger partial charge in [0.15, 0.2) is 0 Å². The number of benzene rings is 1. The molecule has 0 aliphatic heterocycles. The maximum atomic E-state index is 3.59. The lowest BCUT2D eigenvalue weighted by atomic mass is 10.0. The fourth-order valence-electron chi connectivity index (χ4n) is 1.71. The summed E-state index contributed by atoms with van der Waals surface area (Å²) >= 11 is 3.59. The van der Waals surface area contributed by atoms with Gasteiger partial charge in [0, 0.05) is 10.5 Å². The Kier molecular flexibility index (Phi) is 4.81. The van der Waals surface area contributed by atoms with E-state index in [9.17, 15) is 0 Å². The van der Waals surface area contributed by atoms with Crippen molar-refractivity contribution >= 4 is 15.9 Å². The van der Waals surface area contributed by atoms with Crippen molar-refractivity contribution in [3.05, 3.63) is 33.3 Å². The summed E-state index contributed by atoms with van der Waals surface area (Å²) in [4.78, 5) is 0. The highest BCUT2D eigenvalue weighted by atomic mass is 79.9. The van der Waals surface area contributed by atoms with Crippen LogP contribution in [0.2, 0.25) is 0 Å². The third-order valence-corrected chi connectivity index (χ3v) is 3.91. The number of rotatable bonds is 4. The lowest BCUT2D eigenvalue weighted by Crippen LogP contribution is -2.19. The van der Waals surface area contributed by atoms with Gasteiger partial charge in [-0.15, -0.1) is 0 Å². The van der Waals surface area contributed by atoms with E-state index < -0.39 is 0 Å². The average Bonchev–Trinajstić information content (AvgIpc) is 2.21. The van der Waals surface area contributed by atoms with Crippen molar-refractivity contribution in [2.45, 2.75) is 40.2 Å². The fraction of sp³-hybridized carbons (Fsp3) is 0.538. The molecule has 84 valence electrons. The molecule has 1 aromatic carbocycles. The predicted octanol–water partition coefficient (Wildman–Crippen LogP) is 4.13. The number of hydrogen-bond donors (Lipinski definition) is 1. The molecular weight excluding hydrogens is 250 g/mol. The zero-order chi connectivity index (χ0) is 11.4. The minimum atomic E-state index is 0.440. The first-order chi connectivity index (χ1) is 7.06. The second-order valence-electron chi connectivity index (χ2n) is 4.14. The quantitative estimate of drug-likeness (QED) is 0.867. The van der Waals surface area contributed by atoms with Crippen molar-refractivity contribution in [1.29, 1.82) is 0 Å². The molecule has 1 N–H and O–H groups in total. The lowest BCUT2D eigenvalue weighted by Gasteiger charge is -2.16. The van der Waals surface area contributed by atoms with Gasteiger partial charge in [-0.1, -0.05) is 35.0 Å². The molecule has 0 radical (unpaired) electrons. The van der Waals surface area contributed by atoms with Gasteiger partial charge >= 0.3 is 0 Å².